The van der Waals surface area contributed by atoms with Crippen molar-refractivity contribution in [2.45, 2.75) is 69.3 Å². The first kappa shape index (κ1) is 13.6. The highest BCUT2D eigenvalue weighted by Gasteiger charge is 2.44. The van der Waals surface area contributed by atoms with Gasteiger partial charge < -0.3 is 14.8 Å². The van der Waals surface area contributed by atoms with Gasteiger partial charge >= 0.3 is 0 Å². The van der Waals surface area contributed by atoms with E-state index in [1.54, 1.807) is 0 Å². The topological polar surface area (TPSA) is 30.5 Å². The summed E-state index contributed by atoms with van der Waals surface area (Å²) in [7, 11) is 0. The van der Waals surface area contributed by atoms with E-state index < -0.39 is 0 Å². The summed E-state index contributed by atoms with van der Waals surface area (Å²) >= 11 is 0. The molecule has 2 aliphatic heterocycles. The molecule has 2 saturated heterocycles. The fraction of sp³-hybridized carbons (Fsp3) is 1.00. The van der Waals surface area contributed by atoms with E-state index >= 15 is 0 Å². The summed E-state index contributed by atoms with van der Waals surface area (Å²) in [4.78, 5) is 0. The Morgan fingerprint density at radius 2 is 1.82 bits per heavy atom. The van der Waals surface area contributed by atoms with E-state index in [-0.39, 0.29) is 18.2 Å². The summed E-state index contributed by atoms with van der Waals surface area (Å²) in [5.74, 6) is -0.192. The number of halogens is 1. The van der Waals surface area contributed by atoms with Crippen LogP contribution in [0.3, 0.4) is 0 Å². The van der Waals surface area contributed by atoms with Gasteiger partial charge in [0.15, 0.2) is 5.79 Å². The summed E-state index contributed by atoms with van der Waals surface area (Å²) in [6, 6.07) is 0.537. The fourth-order valence-corrected chi connectivity index (χ4v) is 3.32. The van der Waals surface area contributed by atoms with Gasteiger partial charge in [-0.2, -0.15) is 0 Å². The van der Waals surface area contributed by atoms with Crippen LogP contribution in [0.2, 0.25) is 0 Å². The molecule has 2 atom stereocenters. The van der Waals surface area contributed by atoms with Gasteiger partial charge in [-0.3, -0.25) is 0 Å². The minimum atomic E-state index is -0.192. The number of hydrogen-bond acceptors (Lipinski definition) is 3. The zero-order valence-electron chi connectivity index (χ0n) is 10.5. The van der Waals surface area contributed by atoms with Crippen LogP contribution in [-0.2, 0) is 9.47 Å². The lowest BCUT2D eigenvalue weighted by Gasteiger charge is -2.33. The van der Waals surface area contributed by atoms with Crippen molar-refractivity contribution in [1.29, 1.82) is 0 Å². The summed E-state index contributed by atoms with van der Waals surface area (Å²) in [6.45, 7) is 1.95. The van der Waals surface area contributed by atoms with Gasteiger partial charge in [-0.1, -0.05) is 12.8 Å². The van der Waals surface area contributed by atoms with E-state index in [1.165, 1.54) is 38.5 Å². The minimum Gasteiger partial charge on any atom is -0.347 e. The van der Waals surface area contributed by atoms with Gasteiger partial charge in [-0.25, -0.2) is 0 Å². The molecule has 2 unspecified atom stereocenters. The lowest BCUT2D eigenvalue weighted by Crippen LogP contribution is -2.45. The molecular weight excluding hydrogens is 238 g/mol. The van der Waals surface area contributed by atoms with Gasteiger partial charge in [-0.05, 0) is 32.2 Å². The third-order valence-electron chi connectivity index (χ3n) is 4.29. The van der Waals surface area contributed by atoms with Crippen LogP contribution in [0.15, 0.2) is 0 Å². The first-order valence-corrected chi connectivity index (χ1v) is 6.93. The average Bonchev–Trinajstić information content (AvgIpc) is 2.75. The van der Waals surface area contributed by atoms with Gasteiger partial charge in [0, 0.05) is 18.9 Å². The van der Waals surface area contributed by atoms with Crippen molar-refractivity contribution in [3.05, 3.63) is 0 Å². The molecule has 0 aromatic carbocycles. The molecule has 100 valence electrons. The standard InChI is InChI=1S/C13H23NO2.ClH/c1-3-7-13(8-4-1)15-10-12(16-13)11-6-2-5-9-14-11;/h11-12,14H,1-10H2;1H. The van der Waals surface area contributed by atoms with Crippen LogP contribution < -0.4 is 5.32 Å². The van der Waals surface area contributed by atoms with Crippen LogP contribution in [0.5, 0.6) is 0 Å². The van der Waals surface area contributed by atoms with Gasteiger partial charge in [-0.15, -0.1) is 12.4 Å². The second-order valence-corrected chi connectivity index (χ2v) is 5.50. The Bertz CT molecular complexity index is 238. The number of hydrogen-bond donors (Lipinski definition) is 1. The van der Waals surface area contributed by atoms with E-state index in [0.717, 1.165) is 26.0 Å². The molecule has 17 heavy (non-hydrogen) atoms. The van der Waals surface area contributed by atoms with Crippen molar-refractivity contribution in [1.82, 2.24) is 5.32 Å². The van der Waals surface area contributed by atoms with E-state index in [1.807, 2.05) is 0 Å². The molecule has 0 aromatic heterocycles. The van der Waals surface area contributed by atoms with Crippen LogP contribution in [0.25, 0.3) is 0 Å². The zero-order chi connectivity index (χ0) is 10.8. The largest absolute Gasteiger partial charge is 0.347 e. The normalized spacial score (nSPS) is 36.7. The fourth-order valence-electron chi connectivity index (χ4n) is 3.32. The smallest absolute Gasteiger partial charge is 0.168 e. The van der Waals surface area contributed by atoms with Crippen molar-refractivity contribution in [3.8, 4) is 0 Å². The third-order valence-corrected chi connectivity index (χ3v) is 4.29. The highest BCUT2D eigenvalue weighted by atomic mass is 35.5. The van der Waals surface area contributed by atoms with Crippen LogP contribution >= 0.6 is 12.4 Å². The molecule has 2 heterocycles. The van der Waals surface area contributed by atoms with Crippen LogP contribution in [0.4, 0.5) is 0 Å². The summed E-state index contributed by atoms with van der Waals surface area (Å²) in [6.07, 6.45) is 10.3. The SMILES string of the molecule is C1CCC2(CC1)OCC(C1CCCCN1)O2.Cl. The molecule has 3 fully saturated rings. The maximum absolute atomic E-state index is 6.24. The first-order valence-electron chi connectivity index (χ1n) is 6.93. The Morgan fingerprint density at radius 3 is 2.53 bits per heavy atom. The summed E-state index contributed by atoms with van der Waals surface area (Å²) in [5, 5.41) is 3.58. The number of rotatable bonds is 1. The number of piperidine rings is 1. The molecule has 1 spiro atoms. The molecule has 1 saturated carbocycles. The molecule has 0 radical (unpaired) electrons. The lowest BCUT2D eigenvalue weighted by molar-refractivity contribution is -0.189. The Labute approximate surface area is 110 Å². The van der Waals surface area contributed by atoms with Crippen LogP contribution in [0, 0.1) is 0 Å². The molecule has 0 aromatic rings. The van der Waals surface area contributed by atoms with E-state index in [4.69, 9.17) is 9.47 Å². The Kier molecular flexibility index (Phi) is 4.70. The second kappa shape index (κ2) is 5.87. The molecule has 1 N–H and O–H groups in total. The van der Waals surface area contributed by atoms with Crippen molar-refractivity contribution in [2.24, 2.45) is 0 Å². The predicted octanol–water partition coefficient (Wildman–Crippen LogP) is 2.63. The van der Waals surface area contributed by atoms with E-state index in [9.17, 15) is 0 Å². The van der Waals surface area contributed by atoms with Gasteiger partial charge in [0.05, 0.1) is 12.7 Å². The van der Waals surface area contributed by atoms with Crippen molar-refractivity contribution < 1.29 is 9.47 Å². The molecule has 3 nitrogen and oxygen atoms in total. The molecule has 0 amide bonds. The molecule has 3 rings (SSSR count). The van der Waals surface area contributed by atoms with E-state index in [0.29, 0.717) is 12.1 Å². The molecule has 3 aliphatic rings. The third kappa shape index (κ3) is 2.95. The maximum atomic E-state index is 6.24. The Hall–Kier alpha value is 0.170. The number of ether oxygens (including phenoxy) is 2. The van der Waals surface area contributed by atoms with Gasteiger partial charge in [0.2, 0.25) is 0 Å². The predicted molar refractivity (Wildman–Crippen MR) is 69.5 cm³/mol. The van der Waals surface area contributed by atoms with Crippen molar-refractivity contribution in [3.63, 3.8) is 0 Å². The molecule has 4 heteroatoms. The maximum Gasteiger partial charge on any atom is 0.168 e. The quantitative estimate of drug-likeness (QED) is 0.787. The average molecular weight is 262 g/mol. The van der Waals surface area contributed by atoms with Gasteiger partial charge in [0.1, 0.15) is 0 Å². The number of nitrogens with one attached hydrogen (secondary N) is 1. The minimum absolute atomic E-state index is 0. The van der Waals surface area contributed by atoms with Crippen molar-refractivity contribution >= 4 is 12.4 Å². The van der Waals surface area contributed by atoms with Crippen LogP contribution in [-0.4, -0.2) is 31.1 Å². The van der Waals surface area contributed by atoms with Gasteiger partial charge in [0.25, 0.3) is 0 Å². The summed E-state index contributed by atoms with van der Waals surface area (Å²) < 4.78 is 12.2. The zero-order valence-corrected chi connectivity index (χ0v) is 11.3. The molecular formula is C13H24ClNO2. The highest BCUT2D eigenvalue weighted by Crippen LogP contribution is 2.39. The van der Waals surface area contributed by atoms with E-state index in [2.05, 4.69) is 5.32 Å². The Balaban J connectivity index is 0.00000108. The molecule has 0 bridgehead atoms. The van der Waals surface area contributed by atoms with Crippen molar-refractivity contribution in [2.75, 3.05) is 13.2 Å². The molecule has 1 aliphatic carbocycles. The Morgan fingerprint density at radius 1 is 1.00 bits per heavy atom. The van der Waals surface area contributed by atoms with Crippen LogP contribution in [0.1, 0.15) is 51.4 Å². The second-order valence-electron chi connectivity index (χ2n) is 5.50. The summed E-state index contributed by atoms with van der Waals surface area (Å²) in [5.41, 5.74) is 0. The monoisotopic (exact) mass is 261 g/mol. The lowest BCUT2D eigenvalue weighted by atomic mass is 9.94. The first-order chi connectivity index (χ1) is 7.88. The highest BCUT2D eigenvalue weighted by molar-refractivity contribution is 5.85.